The molecule has 2 amide bonds. The maximum atomic E-state index is 12.1. The molecule has 0 aromatic heterocycles. The lowest BCUT2D eigenvalue weighted by Crippen LogP contribution is -2.35. The summed E-state index contributed by atoms with van der Waals surface area (Å²) in [6.07, 6.45) is 0.0225. The Hall–Kier alpha value is -3.35. The molecule has 0 spiro atoms. The molecule has 0 heterocycles. The summed E-state index contributed by atoms with van der Waals surface area (Å²) >= 11 is 0. The average Bonchev–Trinajstić information content (AvgIpc) is 2.68. The van der Waals surface area contributed by atoms with E-state index in [2.05, 4.69) is 10.6 Å². The second-order valence-corrected chi connectivity index (χ2v) is 6.67. The van der Waals surface area contributed by atoms with Crippen molar-refractivity contribution in [1.82, 2.24) is 5.32 Å². The van der Waals surface area contributed by atoms with E-state index in [0.29, 0.717) is 5.75 Å². The van der Waals surface area contributed by atoms with Crippen LogP contribution in [0.4, 0.5) is 5.69 Å². The first-order chi connectivity index (χ1) is 13.8. The fourth-order valence-corrected chi connectivity index (χ4v) is 2.78. The van der Waals surface area contributed by atoms with Crippen LogP contribution in [0.5, 0.6) is 5.75 Å². The minimum absolute atomic E-state index is 0.0225. The Labute approximate surface area is 170 Å². The van der Waals surface area contributed by atoms with E-state index in [1.807, 2.05) is 51.1 Å². The summed E-state index contributed by atoms with van der Waals surface area (Å²) in [5.74, 6) is -0.791. The van der Waals surface area contributed by atoms with Crippen LogP contribution in [0.15, 0.2) is 42.5 Å². The Morgan fingerprint density at radius 3 is 2.24 bits per heavy atom. The molecule has 0 aliphatic heterocycles. The first kappa shape index (κ1) is 21.9. The number of aryl methyl sites for hydroxylation is 3. The van der Waals surface area contributed by atoms with Gasteiger partial charge in [0.05, 0.1) is 19.6 Å². The Balaban J connectivity index is 1.65. The molecule has 0 fully saturated rings. The van der Waals surface area contributed by atoms with Crippen molar-refractivity contribution in [1.29, 1.82) is 0 Å². The van der Waals surface area contributed by atoms with Crippen LogP contribution in [0, 0.1) is 20.8 Å². The van der Waals surface area contributed by atoms with Gasteiger partial charge in [0, 0.05) is 5.69 Å². The van der Waals surface area contributed by atoms with Gasteiger partial charge in [0.15, 0.2) is 6.61 Å². The summed E-state index contributed by atoms with van der Waals surface area (Å²) in [5, 5.41) is 5.22. The summed E-state index contributed by atoms with van der Waals surface area (Å²) in [7, 11) is 0. The molecule has 0 radical (unpaired) electrons. The van der Waals surface area contributed by atoms with Crippen LogP contribution in [-0.2, 0) is 19.1 Å². The van der Waals surface area contributed by atoms with Crippen LogP contribution in [0.3, 0.4) is 0 Å². The number of benzene rings is 2. The Kier molecular flexibility index (Phi) is 8.21. The topological polar surface area (TPSA) is 93.7 Å². The van der Waals surface area contributed by atoms with Crippen molar-refractivity contribution >= 4 is 23.5 Å². The molecule has 7 nitrogen and oxygen atoms in total. The van der Waals surface area contributed by atoms with Gasteiger partial charge >= 0.3 is 5.97 Å². The number of carbonyl (C=O) groups is 3. The van der Waals surface area contributed by atoms with Crippen LogP contribution in [0.1, 0.15) is 23.1 Å². The second-order valence-electron chi connectivity index (χ2n) is 6.67. The number of ether oxygens (including phenoxy) is 2. The largest absolute Gasteiger partial charge is 0.493 e. The standard InChI is InChI=1S/C22H26N2O5/c1-15-11-16(2)22(17(3)12-15)24-19(25)13-23-20(26)14-29-21(27)9-10-28-18-7-5-4-6-8-18/h4-8,11-12H,9-10,13-14H2,1-3H3,(H,23,26)(H,24,25). The maximum absolute atomic E-state index is 12.1. The third-order valence-corrected chi connectivity index (χ3v) is 4.07. The van der Waals surface area contributed by atoms with E-state index in [0.717, 1.165) is 22.4 Å². The lowest BCUT2D eigenvalue weighted by atomic mass is 10.1. The number of carbonyl (C=O) groups excluding carboxylic acids is 3. The van der Waals surface area contributed by atoms with Gasteiger partial charge in [-0.05, 0) is 44.0 Å². The Bertz CT molecular complexity index is 842. The van der Waals surface area contributed by atoms with Gasteiger partial charge in [-0.25, -0.2) is 0 Å². The van der Waals surface area contributed by atoms with E-state index in [1.165, 1.54) is 0 Å². The fourth-order valence-electron chi connectivity index (χ4n) is 2.78. The highest BCUT2D eigenvalue weighted by molar-refractivity contribution is 5.96. The fraction of sp³-hybridized carbons (Fsp3) is 0.318. The summed E-state index contributed by atoms with van der Waals surface area (Å²) in [5.41, 5.74) is 3.75. The first-order valence-corrected chi connectivity index (χ1v) is 9.33. The van der Waals surface area contributed by atoms with Crippen molar-refractivity contribution in [3.05, 3.63) is 59.2 Å². The van der Waals surface area contributed by atoms with Gasteiger partial charge in [-0.2, -0.15) is 0 Å². The molecule has 2 rings (SSSR count). The molecule has 2 N–H and O–H groups in total. The van der Waals surface area contributed by atoms with Gasteiger partial charge in [0.1, 0.15) is 5.75 Å². The van der Waals surface area contributed by atoms with Crippen LogP contribution in [0.25, 0.3) is 0 Å². The highest BCUT2D eigenvalue weighted by atomic mass is 16.5. The summed E-state index contributed by atoms with van der Waals surface area (Å²) in [6, 6.07) is 13.0. The normalized spacial score (nSPS) is 10.2. The third-order valence-electron chi connectivity index (χ3n) is 4.07. The van der Waals surface area contributed by atoms with Crippen LogP contribution in [0.2, 0.25) is 0 Å². The third kappa shape index (κ3) is 7.65. The zero-order valence-electron chi connectivity index (χ0n) is 16.9. The second kappa shape index (κ2) is 10.8. The number of anilines is 1. The van der Waals surface area contributed by atoms with Crippen LogP contribution in [-0.4, -0.2) is 37.5 Å². The maximum Gasteiger partial charge on any atom is 0.309 e. The zero-order valence-corrected chi connectivity index (χ0v) is 16.9. The Morgan fingerprint density at radius 2 is 1.59 bits per heavy atom. The minimum atomic E-state index is -0.550. The number of esters is 1. The van der Waals surface area contributed by atoms with E-state index in [4.69, 9.17) is 9.47 Å². The monoisotopic (exact) mass is 398 g/mol. The quantitative estimate of drug-likeness (QED) is 0.634. The van der Waals surface area contributed by atoms with Gasteiger partial charge in [-0.1, -0.05) is 35.9 Å². The van der Waals surface area contributed by atoms with E-state index >= 15 is 0 Å². The Morgan fingerprint density at radius 1 is 0.931 bits per heavy atom. The molecule has 0 saturated heterocycles. The first-order valence-electron chi connectivity index (χ1n) is 9.33. The number of hydrogen-bond acceptors (Lipinski definition) is 5. The molecule has 7 heteroatoms. The number of amides is 2. The molecule has 0 aliphatic carbocycles. The SMILES string of the molecule is Cc1cc(C)c(NC(=O)CNC(=O)COC(=O)CCOc2ccccc2)c(C)c1. The van der Waals surface area contributed by atoms with E-state index in [1.54, 1.807) is 12.1 Å². The molecule has 2 aromatic carbocycles. The lowest BCUT2D eigenvalue weighted by molar-refractivity contribution is -0.149. The van der Waals surface area contributed by atoms with E-state index < -0.39 is 18.5 Å². The highest BCUT2D eigenvalue weighted by Gasteiger charge is 2.11. The van der Waals surface area contributed by atoms with Crippen molar-refractivity contribution in [3.8, 4) is 5.75 Å². The molecule has 0 unspecified atom stereocenters. The molecule has 0 atom stereocenters. The van der Waals surface area contributed by atoms with Crippen molar-refractivity contribution < 1.29 is 23.9 Å². The highest BCUT2D eigenvalue weighted by Crippen LogP contribution is 2.21. The summed E-state index contributed by atoms with van der Waals surface area (Å²) < 4.78 is 10.3. The molecular weight excluding hydrogens is 372 g/mol. The molecule has 2 aromatic rings. The summed E-state index contributed by atoms with van der Waals surface area (Å²) in [6.45, 7) is 5.31. The molecular formula is C22H26N2O5. The molecule has 29 heavy (non-hydrogen) atoms. The summed E-state index contributed by atoms with van der Waals surface area (Å²) in [4.78, 5) is 35.5. The van der Waals surface area contributed by atoms with E-state index in [9.17, 15) is 14.4 Å². The van der Waals surface area contributed by atoms with Gasteiger partial charge in [0.2, 0.25) is 5.91 Å². The average molecular weight is 398 g/mol. The van der Waals surface area contributed by atoms with Crippen molar-refractivity contribution in [2.45, 2.75) is 27.2 Å². The number of nitrogens with one attached hydrogen (secondary N) is 2. The zero-order chi connectivity index (χ0) is 21.2. The van der Waals surface area contributed by atoms with Crippen LogP contribution >= 0.6 is 0 Å². The number of hydrogen-bond donors (Lipinski definition) is 2. The van der Waals surface area contributed by atoms with Crippen molar-refractivity contribution in [2.24, 2.45) is 0 Å². The number of para-hydroxylation sites is 1. The predicted molar refractivity (Wildman–Crippen MR) is 110 cm³/mol. The molecule has 0 saturated carbocycles. The van der Waals surface area contributed by atoms with Gasteiger partial charge < -0.3 is 20.1 Å². The minimum Gasteiger partial charge on any atom is -0.493 e. The molecule has 0 aliphatic rings. The van der Waals surface area contributed by atoms with Gasteiger partial charge in [0.25, 0.3) is 5.91 Å². The van der Waals surface area contributed by atoms with Crippen molar-refractivity contribution in [3.63, 3.8) is 0 Å². The van der Waals surface area contributed by atoms with E-state index in [-0.39, 0.29) is 25.5 Å². The van der Waals surface area contributed by atoms with Gasteiger partial charge in [-0.15, -0.1) is 0 Å². The predicted octanol–water partition coefficient (Wildman–Crippen LogP) is 2.68. The lowest BCUT2D eigenvalue weighted by Gasteiger charge is -2.13. The smallest absolute Gasteiger partial charge is 0.309 e. The van der Waals surface area contributed by atoms with Crippen LogP contribution < -0.4 is 15.4 Å². The molecule has 154 valence electrons. The van der Waals surface area contributed by atoms with Gasteiger partial charge in [-0.3, -0.25) is 14.4 Å². The number of rotatable bonds is 9. The van der Waals surface area contributed by atoms with Crippen molar-refractivity contribution in [2.75, 3.05) is 25.1 Å². The molecule has 0 bridgehead atoms.